The number of hydrogen-bond donors (Lipinski definition) is 1. The molecule has 11 nitrogen and oxygen atoms in total. The second kappa shape index (κ2) is 9.36. The third-order valence-electron chi connectivity index (χ3n) is 6.60. The molecule has 0 saturated carbocycles. The number of rotatable bonds is 5. The number of benzene rings is 1. The van der Waals surface area contributed by atoms with Crippen molar-refractivity contribution in [2.24, 2.45) is 5.92 Å². The molecule has 2 aliphatic rings. The molecule has 0 radical (unpaired) electrons. The van der Waals surface area contributed by atoms with Crippen molar-refractivity contribution < 1.29 is 38.6 Å². The van der Waals surface area contributed by atoms with Crippen LogP contribution in [0.3, 0.4) is 0 Å². The van der Waals surface area contributed by atoms with Crippen molar-refractivity contribution in [1.29, 1.82) is 0 Å². The Morgan fingerprint density at radius 1 is 1.17 bits per heavy atom. The zero-order valence-electron chi connectivity index (χ0n) is 21.0. The number of carbonyl (C=O) groups excluding carboxylic acids is 2. The molecule has 35 heavy (non-hydrogen) atoms. The second-order valence-corrected chi connectivity index (χ2v) is 10.7. The summed E-state index contributed by atoms with van der Waals surface area (Å²) in [6, 6.07) is 5.10. The summed E-state index contributed by atoms with van der Waals surface area (Å²) in [5.74, 6) is -1.96. The predicted octanol–water partition coefficient (Wildman–Crippen LogP) is 3.28. The average Bonchev–Trinajstić information content (AvgIpc) is 2.96. The number of non-ortho nitro benzene ring substituents is 1. The van der Waals surface area contributed by atoms with E-state index >= 15 is 0 Å². The topological polar surface area (TPSA) is 138 Å². The quantitative estimate of drug-likeness (QED) is 0.371. The first-order valence-corrected chi connectivity index (χ1v) is 11.5. The number of likely N-dealkylation sites (tertiary alicyclic amines) is 1. The van der Waals surface area contributed by atoms with E-state index in [1.165, 1.54) is 29.2 Å². The Morgan fingerprint density at radius 3 is 2.26 bits per heavy atom. The molecule has 0 bridgehead atoms. The molecule has 2 heterocycles. The van der Waals surface area contributed by atoms with Crippen LogP contribution >= 0.6 is 0 Å². The first-order valence-electron chi connectivity index (χ1n) is 11.5. The van der Waals surface area contributed by atoms with Gasteiger partial charge in [0, 0.05) is 24.6 Å². The lowest BCUT2D eigenvalue weighted by Crippen LogP contribution is -2.69. The van der Waals surface area contributed by atoms with Crippen LogP contribution in [0.5, 0.6) is 0 Å². The van der Waals surface area contributed by atoms with Crippen molar-refractivity contribution in [3.8, 4) is 0 Å². The third kappa shape index (κ3) is 5.57. The van der Waals surface area contributed by atoms with Gasteiger partial charge in [0.2, 0.25) is 0 Å². The van der Waals surface area contributed by atoms with Crippen LogP contribution in [0.25, 0.3) is 0 Å². The highest BCUT2D eigenvalue weighted by molar-refractivity contribution is 5.89. The summed E-state index contributed by atoms with van der Waals surface area (Å²) >= 11 is 0. The number of nitrogens with zero attached hydrogens (tertiary/aromatic N) is 2. The Kier molecular flexibility index (Phi) is 7.18. The molecule has 1 amide bonds. The Balaban J connectivity index is 1.73. The average molecular weight is 495 g/mol. The van der Waals surface area contributed by atoms with Gasteiger partial charge in [-0.05, 0) is 60.1 Å². The van der Waals surface area contributed by atoms with Gasteiger partial charge in [0.1, 0.15) is 11.1 Å². The minimum absolute atomic E-state index is 0.0257. The zero-order valence-corrected chi connectivity index (χ0v) is 21.0. The molecular formula is C24H34N2O9. The number of nitro groups is 1. The van der Waals surface area contributed by atoms with E-state index in [0.29, 0.717) is 0 Å². The lowest BCUT2D eigenvalue weighted by molar-refractivity contribution is -0.384. The van der Waals surface area contributed by atoms with Crippen molar-refractivity contribution in [3.05, 3.63) is 39.9 Å². The fraction of sp³-hybridized carbons (Fsp3) is 0.667. The monoisotopic (exact) mass is 494 g/mol. The van der Waals surface area contributed by atoms with Gasteiger partial charge < -0.3 is 24.1 Å². The standard InChI is InChI=1S/C24H34N2O9/c1-21(2,3)35-20(28)25-13-17(23(6,29)24(25)14-33-22(4,5)34-15-24)11-12-32-19(27)16-7-9-18(10-8-16)26(30)31/h7-10,17,29H,11-15H2,1-6H3/t17-,23+/m0/s1. The molecule has 1 spiro atoms. The molecule has 1 aromatic rings. The van der Waals surface area contributed by atoms with E-state index < -0.39 is 45.4 Å². The smallest absolute Gasteiger partial charge is 0.411 e. The van der Waals surface area contributed by atoms with Gasteiger partial charge in [-0.3, -0.25) is 15.0 Å². The number of nitro benzene ring substituents is 1. The van der Waals surface area contributed by atoms with Crippen molar-refractivity contribution >= 4 is 17.7 Å². The van der Waals surface area contributed by atoms with Crippen LogP contribution in [0.4, 0.5) is 10.5 Å². The maximum absolute atomic E-state index is 13.1. The van der Waals surface area contributed by atoms with Gasteiger partial charge in [-0.2, -0.15) is 0 Å². The minimum Gasteiger partial charge on any atom is -0.462 e. The van der Waals surface area contributed by atoms with Gasteiger partial charge in [-0.25, -0.2) is 9.59 Å². The molecule has 2 atom stereocenters. The summed E-state index contributed by atoms with van der Waals surface area (Å²) in [6.45, 7) is 10.7. The first-order chi connectivity index (χ1) is 16.1. The predicted molar refractivity (Wildman–Crippen MR) is 124 cm³/mol. The fourth-order valence-electron chi connectivity index (χ4n) is 4.38. The molecule has 0 aliphatic carbocycles. The fourth-order valence-corrected chi connectivity index (χ4v) is 4.38. The van der Waals surface area contributed by atoms with Crippen LogP contribution in [-0.4, -0.2) is 75.9 Å². The van der Waals surface area contributed by atoms with E-state index in [4.69, 9.17) is 18.9 Å². The van der Waals surface area contributed by atoms with Gasteiger partial charge in [0.25, 0.3) is 5.69 Å². The second-order valence-electron chi connectivity index (χ2n) is 10.7. The number of ether oxygens (including phenoxy) is 4. The molecule has 0 unspecified atom stereocenters. The van der Waals surface area contributed by atoms with Crippen molar-refractivity contribution in [1.82, 2.24) is 4.90 Å². The van der Waals surface area contributed by atoms with Crippen LogP contribution in [0.2, 0.25) is 0 Å². The number of esters is 1. The lowest BCUT2D eigenvalue weighted by Gasteiger charge is -2.51. The van der Waals surface area contributed by atoms with E-state index in [1.54, 1.807) is 41.5 Å². The molecule has 2 saturated heterocycles. The van der Waals surface area contributed by atoms with E-state index in [1.807, 2.05) is 0 Å². The molecule has 2 fully saturated rings. The number of amides is 1. The Labute approximate surface area is 204 Å². The Morgan fingerprint density at radius 2 is 1.74 bits per heavy atom. The van der Waals surface area contributed by atoms with E-state index in [9.17, 15) is 24.8 Å². The minimum atomic E-state index is -1.43. The molecule has 11 heteroatoms. The third-order valence-corrected chi connectivity index (χ3v) is 6.60. The summed E-state index contributed by atoms with van der Waals surface area (Å²) in [6.07, 6.45) is -0.328. The maximum Gasteiger partial charge on any atom is 0.411 e. The van der Waals surface area contributed by atoms with E-state index in [0.717, 1.165) is 0 Å². The molecule has 1 N–H and O–H groups in total. The van der Waals surface area contributed by atoms with Crippen LogP contribution in [0.15, 0.2) is 24.3 Å². The summed E-state index contributed by atoms with van der Waals surface area (Å²) in [4.78, 5) is 37.2. The Hall–Kier alpha value is -2.76. The van der Waals surface area contributed by atoms with Crippen LogP contribution in [0, 0.1) is 16.0 Å². The van der Waals surface area contributed by atoms with E-state index in [2.05, 4.69) is 0 Å². The van der Waals surface area contributed by atoms with Gasteiger partial charge in [-0.1, -0.05) is 0 Å². The molecule has 1 aromatic carbocycles. The van der Waals surface area contributed by atoms with Gasteiger partial charge in [0.05, 0.1) is 35.9 Å². The van der Waals surface area contributed by atoms with Crippen LogP contribution in [-0.2, 0) is 18.9 Å². The maximum atomic E-state index is 13.1. The lowest BCUT2D eigenvalue weighted by atomic mass is 9.75. The Bertz CT molecular complexity index is 956. The summed E-state index contributed by atoms with van der Waals surface area (Å²) < 4.78 is 22.7. The van der Waals surface area contributed by atoms with E-state index in [-0.39, 0.29) is 44.0 Å². The number of carbonyl (C=O) groups is 2. The highest BCUT2D eigenvalue weighted by Gasteiger charge is 2.65. The largest absolute Gasteiger partial charge is 0.462 e. The highest BCUT2D eigenvalue weighted by Crippen LogP contribution is 2.47. The highest BCUT2D eigenvalue weighted by atomic mass is 16.7. The zero-order chi connectivity index (χ0) is 26.2. The van der Waals surface area contributed by atoms with Crippen molar-refractivity contribution in [2.45, 2.75) is 70.5 Å². The molecule has 0 aromatic heterocycles. The van der Waals surface area contributed by atoms with Gasteiger partial charge in [0.15, 0.2) is 5.79 Å². The van der Waals surface area contributed by atoms with Crippen molar-refractivity contribution in [2.75, 3.05) is 26.4 Å². The van der Waals surface area contributed by atoms with Gasteiger partial charge in [-0.15, -0.1) is 0 Å². The molecule has 2 aliphatic heterocycles. The number of aliphatic hydroxyl groups is 1. The first kappa shape index (κ1) is 26.8. The molecular weight excluding hydrogens is 460 g/mol. The van der Waals surface area contributed by atoms with Crippen LogP contribution < -0.4 is 0 Å². The summed E-state index contributed by atoms with van der Waals surface area (Å²) in [7, 11) is 0. The molecule has 194 valence electrons. The normalized spacial score (nSPS) is 25.3. The SMILES string of the molecule is CC(C)(C)OC(=O)N1C[C@H](CCOC(=O)c2ccc([N+](=O)[O-])cc2)[C@@](C)(O)C12COC(C)(C)OC2. The molecule has 3 rings (SSSR count). The summed E-state index contributed by atoms with van der Waals surface area (Å²) in [5, 5.41) is 22.5. The summed E-state index contributed by atoms with van der Waals surface area (Å²) in [5.41, 5.74) is -3.30. The van der Waals surface area contributed by atoms with Crippen LogP contribution in [0.1, 0.15) is 58.3 Å². The van der Waals surface area contributed by atoms with Crippen molar-refractivity contribution in [3.63, 3.8) is 0 Å². The van der Waals surface area contributed by atoms with Gasteiger partial charge >= 0.3 is 12.1 Å². The number of hydrogen-bond acceptors (Lipinski definition) is 9.